The van der Waals surface area contributed by atoms with Crippen LogP contribution >= 0.6 is 0 Å². The smallest absolute Gasteiger partial charge is 0.240 e. The Hall–Kier alpha value is -1.05. The fraction of sp³-hybridized carbons (Fsp3) is 0.750. The van der Waals surface area contributed by atoms with Crippen LogP contribution in [-0.2, 0) is 4.79 Å². The first-order chi connectivity index (χ1) is 7.77. The molecule has 2 aliphatic rings. The Labute approximate surface area is 96.8 Å². The summed E-state index contributed by atoms with van der Waals surface area (Å²) < 4.78 is 0. The number of carbonyl (C=O) groups is 1. The van der Waals surface area contributed by atoms with E-state index in [1.165, 1.54) is 25.9 Å². The standard InChI is InChI=1S/C12H19N3O/c13-11-5-10-15(12(11)16)9-4-3-8-14-6-1-2-7-14/h11H,1-2,5-10,13H2/t11-/m1/s1. The predicted octanol–water partition coefficient (Wildman–Crippen LogP) is -0.355. The quantitative estimate of drug-likeness (QED) is 0.648. The van der Waals surface area contributed by atoms with Gasteiger partial charge in [-0.05, 0) is 32.4 Å². The maximum absolute atomic E-state index is 11.5. The van der Waals surface area contributed by atoms with Crippen LogP contribution in [0.3, 0.4) is 0 Å². The van der Waals surface area contributed by atoms with Crippen LogP contribution in [-0.4, -0.2) is 54.5 Å². The van der Waals surface area contributed by atoms with Crippen LogP contribution in [0.5, 0.6) is 0 Å². The SMILES string of the molecule is N[C@@H]1CCN(CC#CCN2CCCC2)C1=O. The first kappa shape index (κ1) is 11.4. The second-order valence-corrected chi connectivity index (χ2v) is 4.49. The average Bonchev–Trinajstić information content (AvgIpc) is 2.88. The van der Waals surface area contributed by atoms with Gasteiger partial charge in [-0.1, -0.05) is 11.8 Å². The van der Waals surface area contributed by atoms with E-state index in [1.807, 2.05) is 0 Å². The molecule has 0 radical (unpaired) electrons. The number of carbonyl (C=O) groups excluding carboxylic acids is 1. The van der Waals surface area contributed by atoms with Crippen LogP contribution in [0.2, 0.25) is 0 Å². The second kappa shape index (κ2) is 5.33. The Morgan fingerprint density at radius 1 is 1.19 bits per heavy atom. The molecule has 0 aromatic rings. The number of amides is 1. The van der Waals surface area contributed by atoms with Crippen molar-refractivity contribution < 1.29 is 4.79 Å². The summed E-state index contributed by atoms with van der Waals surface area (Å²) in [6.45, 7) is 4.48. The molecule has 88 valence electrons. The zero-order valence-electron chi connectivity index (χ0n) is 9.61. The van der Waals surface area contributed by atoms with Crippen molar-refractivity contribution in [1.29, 1.82) is 0 Å². The molecular formula is C12H19N3O. The first-order valence-electron chi connectivity index (χ1n) is 6.00. The normalized spacial score (nSPS) is 25.9. The first-order valence-corrected chi connectivity index (χ1v) is 6.00. The third-order valence-electron chi connectivity index (χ3n) is 3.24. The van der Waals surface area contributed by atoms with Crippen LogP contribution in [0.1, 0.15) is 19.3 Å². The zero-order valence-corrected chi connectivity index (χ0v) is 9.61. The van der Waals surface area contributed by atoms with E-state index in [-0.39, 0.29) is 11.9 Å². The molecule has 0 unspecified atom stereocenters. The highest BCUT2D eigenvalue weighted by molar-refractivity contribution is 5.83. The monoisotopic (exact) mass is 221 g/mol. The van der Waals surface area contributed by atoms with Crippen molar-refractivity contribution >= 4 is 5.91 Å². The topological polar surface area (TPSA) is 49.6 Å². The van der Waals surface area contributed by atoms with Gasteiger partial charge in [-0.25, -0.2) is 0 Å². The van der Waals surface area contributed by atoms with Crippen molar-refractivity contribution in [3.05, 3.63) is 0 Å². The molecule has 1 amide bonds. The summed E-state index contributed by atoms with van der Waals surface area (Å²) in [4.78, 5) is 15.6. The number of hydrogen-bond acceptors (Lipinski definition) is 3. The molecular weight excluding hydrogens is 202 g/mol. The lowest BCUT2D eigenvalue weighted by Gasteiger charge is -2.12. The fourth-order valence-corrected chi connectivity index (χ4v) is 2.18. The number of hydrogen-bond donors (Lipinski definition) is 1. The molecule has 0 aliphatic carbocycles. The largest absolute Gasteiger partial charge is 0.330 e. The van der Waals surface area contributed by atoms with E-state index in [1.54, 1.807) is 4.90 Å². The number of rotatable bonds is 2. The van der Waals surface area contributed by atoms with Crippen molar-refractivity contribution in [3.8, 4) is 11.8 Å². The summed E-state index contributed by atoms with van der Waals surface area (Å²) in [5, 5.41) is 0. The molecule has 4 nitrogen and oxygen atoms in total. The molecule has 2 aliphatic heterocycles. The lowest BCUT2D eigenvalue weighted by molar-refractivity contribution is -0.128. The van der Waals surface area contributed by atoms with Crippen LogP contribution in [0.25, 0.3) is 0 Å². The minimum Gasteiger partial charge on any atom is -0.330 e. The summed E-state index contributed by atoms with van der Waals surface area (Å²) >= 11 is 0. The van der Waals surface area contributed by atoms with Gasteiger partial charge in [-0.3, -0.25) is 9.69 Å². The van der Waals surface area contributed by atoms with Crippen molar-refractivity contribution in [2.24, 2.45) is 5.73 Å². The summed E-state index contributed by atoms with van der Waals surface area (Å²) in [7, 11) is 0. The number of nitrogens with zero attached hydrogens (tertiary/aromatic N) is 2. The molecule has 16 heavy (non-hydrogen) atoms. The van der Waals surface area contributed by atoms with Gasteiger partial charge in [0.2, 0.25) is 5.91 Å². The van der Waals surface area contributed by atoms with Gasteiger partial charge >= 0.3 is 0 Å². The fourth-order valence-electron chi connectivity index (χ4n) is 2.18. The van der Waals surface area contributed by atoms with Gasteiger partial charge in [0.15, 0.2) is 0 Å². The summed E-state index contributed by atoms with van der Waals surface area (Å²) in [6.07, 6.45) is 3.36. The van der Waals surface area contributed by atoms with Crippen molar-refractivity contribution in [3.63, 3.8) is 0 Å². The molecule has 0 saturated carbocycles. The van der Waals surface area contributed by atoms with E-state index in [2.05, 4.69) is 16.7 Å². The maximum atomic E-state index is 11.5. The van der Waals surface area contributed by atoms with Crippen molar-refractivity contribution in [1.82, 2.24) is 9.80 Å². The highest BCUT2D eigenvalue weighted by Gasteiger charge is 2.27. The number of nitrogens with two attached hydrogens (primary N) is 1. The van der Waals surface area contributed by atoms with Crippen LogP contribution < -0.4 is 5.73 Å². The molecule has 0 aromatic carbocycles. The Morgan fingerprint density at radius 3 is 2.50 bits per heavy atom. The molecule has 2 heterocycles. The number of likely N-dealkylation sites (tertiary alicyclic amines) is 2. The molecule has 2 rings (SSSR count). The molecule has 2 fully saturated rings. The Kier molecular flexibility index (Phi) is 3.81. The molecule has 0 bridgehead atoms. The minimum absolute atomic E-state index is 0.0514. The van der Waals surface area contributed by atoms with Gasteiger partial charge < -0.3 is 10.6 Å². The Bertz CT molecular complexity index is 312. The van der Waals surface area contributed by atoms with E-state index in [0.717, 1.165) is 19.5 Å². The average molecular weight is 221 g/mol. The lowest BCUT2D eigenvalue weighted by Crippen LogP contribution is -2.34. The molecule has 2 N–H and O–H groups in total. The van der Waals surface area contributed by atoms with Gasteiger partial charge in [-0.15, -0.1) is 0 Å². The highest BCUT2D eigenvalue weighted by atomic mass is 16.2. The van der Waals surface area contributed by atoms with Crippen molar-refractivity contribution in [2.45, 2.75) is 25.3 Å². The van der Waals surface area contributed by atoms with Gasteiger partial charge in [0, 0.05) is 6.54 Å². The maximum Gasteiger partial charge on any atom is 0.240 e. The van der Waals surface area contributed by atoms with E-state index in [4.69, 9.17) is 5.73 Å². The zero-order chi connectivity index (χ0) is 11.4. The van der Waals surface area contributed by atoms with Crippen molar-refractivity contribution in [2.75, 3.05) is 32.7 Å². The van der Waals surface area contributed by atoms with Crippen LogP contribution in [0.4, 0.5) is 0 Å². The van der Waals surface area contributed by atoms with Crippen LogP contribution in [0.15, 0.2) is 0 Å². The van der Waals surface area contributed by atoms with E-state index >= 15 is 0 Å². The van der Waals surface area contributed by atoms with Gasteiger partial charge in [0.1, 0.15) is 0 Å². The Morgan fingerprint density at radius 2 is 1.88 bits per heavy atom. The van der Waals surface area contributed by atoms with E-state index in [0.29, 0.717) is 6.54 Å². The molecule has 4 heteroatoms. The molecule has 0 aromatic heterocycles. The van der Waals surface area contributed by atoms with E-state index in [9.17, 15) is 4.79 Å². The van der Waals surface area contributed by atoms with Gasteiger partial charge in [0.25, 0.3) is 0 Å². The lowest BCUT2D eigenvalue weighted by atomic mass is 10.3. The predicted molar refractivity (Wildman–Crippen MR) is 62.6 cm³/mol. The third-order valence-corrected chi connectivity index (χ3v) is 3.24. The van der Waals surface area contributed by atoms with Crippen LogP contribution in [0, 0.1) is 11.8 Å². The molecule has 0 spiro atoms. The summed E-state index contributed by atoms with van der Waals surface area (Å²) in [5.74, 6) is 6.25. The van der Waals surface area contributed by atoms with Gasteiger partial charge in [-0.2, -0.15) is 0 Å². The Balaban J connectivity index is 1.70. The van der Waals surface area contributed by atoms with Gasteiger partial charge in [0.05, 0.1) is 19.1 Å². The van der Waals surface area contributed by atoms with E-state index < -0.39 is 0 Å². The molecule has 2 saturated heterocycles. The second-order valence-electron chi connectivity index (χ2n) is 4.49. The third kappa shape index (κ3) is 2.75. The summed E-state index contributed by atoms with van der Waals surface area (Å²) in [6, 6.07) is -0.291. The minimum atomic E-state index is -0.291. The highest BCUT2D eigenvalue weighted by Crippen LogP contribution is 2.08. The summed E-state index contributed by atoms with van der Waals surface area (Å²) in [5.41, 5.74) is 5.62. The molecule has 1 atom stereocenters.